The van der Waals surface area contributed by atoms with Crippen molar-refractivity contribution in [2.24, 2.45) is 0 Å². The van der Waals surface area contributed by atoms with Crippen molar-refractivity contribution in [1.29, 1.82) is 0 Å². The molecule has 1 heterocycles. The molecule has 0 bridgehead atoms. The molecule has 8 nitrogen and oxygen atoms in total. The van der Waals surface area contributed by atoms with E-state index in [0.717, 1.165) is 4.90 Å². The van der Waals surface area contributed by atoms with Gasteiger partial charge in [-0.15, -0.1) is 0 Å². The van der Waals surface area contributed by atoms with Crippen LogP contribution in [0.4, 0.5) is 4.79 Å². The molecule has 0 aliphatic carbocycles. The third-order valence-corrected chi connectivity index (χ3v) is 4.70. The summed E-state index contributed by atoms with van der Waals surface area (Å²) < 4.78 is 5.30. The van der Waals surface area contributed by atoms with Crippen molar-refractivity contribution in [3.63, 3.8) is 0 Å². The lowest BCUT2D eigenvalue weighted by molar-refractivity contribution is 0.0378. The van der Waals surface area contributed by atoms with Crippen LogP contribution < -0.4 is 5.32 Å². The lowest BCUT2D eigenvalue weighted by Gasteiger charge is -2.29. The summed E-state index contributed by atoms with van der Waals surface area (Å²) in [6, 6.07) is 12.8. The molecule has 3 rings (SSSR count). The molecule has 1 aliphatic heterocycles. The van der Waals surface area contributed by atoms with Crippen LogP contribution in [0.3, 0.4) is 0 Å². The maximum Gasteiger partial charge on any atom is 0.409 e. The number of nitrogens with one attached hydrogen (secondary N) is 1. The quantitative estimate of drug-likeness (QED) is 0.687. The summed E-state index contributed by atoms with van der Waals surface area (Å²) in [4.78, 5) is 50.5. The second-order valence-corrected chi connectivity index (χ2v) is 8.23. The van der Waals surface area contributed by atoms with Crippen molar-refractivity contribution in [3.8, 4) is 0 Å². The van der Waals surface area contributed by atoms with Gasteiger partial charge in [0.2, 0.25) is 0 Å². The predicted molar refractivity (Wildman–Crippen MR) is 112 cm³/mol. The fraction of sp³-hybridized carbons (Fsp3) is 0.304. The molecule has 2 aromatic carbocycles. The molecule has 8 heteroatoms. The van der Waals surface area contributed by atoms with E-state index in [0.29, 0.717) is 12.0 Å². The SMILES string of the molecule is CC(C)(C)OC(=O)N[C@H](CCc1cccc(C(=O)O)c1)N1C(=O)c2ccccc2C1=O. The summed E-state index contributed by atoms with van der Waals surface area (Å²) in [5.41, 5.74) is 0.627. The number of benzene rings is 2. The Hall–Kier alpha value is -3.68. The third kappa shape index (κ3) is 5.09. The van der Waals surface area contributed by atoms with Crippen LogP contribution in [0.25, 0.3) is 0 Å². The van der Waals surface area contributed by atoms with Crippen molar-refractivity contribution in [1.82, 2.24) is 10.2 Å². The molecular weight excluding hydrogens is 400 g/mol. The highest BCUT2D eigenvalue weighted by Crippen LogP contribution is 2.25. The predicted octanol–water partition coefficient (Wildman–Crippen LogP) is 3.46. The van der Waals surface area contributed by atoms with E-state index >= 15 is 0 Å². The van der Waals surface area contributed by atoms with Gasteiger partial charge in [0, 0.05) is 0 Å². The normalized spacial score (nSPS) is 14.2. The average Bonchev–Trinajstić information content (AvgIpc) is 2.95. The minimum Gasteiger partial charge on any atom is -0.478 e. The van der Waals surface area contributed by atoms with Crippen molar-refractivity contribution >= 4 is 23.9 Å². The number of hydrogen-bond acceptors (Lipinski definition) is 5. The zero-order valence-electron chi connectivity index (χ0n) is 17.5. The Balaban J connectivity index is 1.84. The first kappa shape index (κ1) is 22.0. The van der Waals surface area contributed by atoms with Gasteiger partial charge in [-0.05, 0) is 63.4 Å². The van der Waals surface area contributed by atoms with Crippen LogP contribution in [0.1, 0.15) is 63.8 Å². The number of nitrogens with zero attached hydrogens (tertiary/aromatic N) is 1. The Morgan fingerprint density at radius 3 is 2.19 bits per heavy atom. The first-order chi connectivity index (χ1) is 14.6. The highest BCUT2D eigenvalue weighted by molar-refractivity contribution is 6.21. The van der Waals surface area contributed by atoms with Gasteiger partial charge in [-0.2, -0.15) is 0 Å². The number of carbonyl (C=O) groups excluding carboxylic acids is 3. The number of fused-ring (bicyclic) bond motifs is 1. The zero-order chi connectivity index (χ0) is 22.8. The van der Waals surface area contributed by atoms with E-state index in [1.165, 1.54) is 12.1 Å². The van der Waals surface area contributed by atoms with Gasteiger partial charge in [-0.1, -0.05) is 24.3 Å². The highest BCUT2D eigenvalue weighted by Gasteiger charge is 2.40. The van der Waals surface area contributed by atoms with E-state index in [1.807, 2.05) is 0 Å². The van der Waals surface area contributed by atoms with Crippen LogP contribution in [0.5, 0.6) is 0 Å². The Bertz CT molecular complexity index is 1010. The number of imide groups is 1. The molecule has 0 saturated carbocycles. The van der Waals surface area contributed by atoms with Crippen molar-refractivity contribution in [2.75, 3.05) is 0 Å². The molecular formula is C23H24N2O6. The number of carbonyl (C=O) groups is 4. The summed E-state index contributed by atoms with van der Waals surface area (Å²) in [6.07, 6.45) is -1.20. The number of rotatable bonds is 6. The van der Waals surface area contributed by atoms with Crippen molar-refractivity contribution in [2.45, 2.75) is 45.4 Å². The summed E-state index contributed by atoms with van der Waals surface area (Å²) in [5, 5.41) is 11.8. The number of aromatic carboxylic acids is 1. The number of alkyl carbamates (subject to hydrolysis) is 1. The first-order valence-electron chi connectivity index (χ1n) is 9.85. The van der Waals surface area contributed by atoms with Gasteiger partial charge < -0.3 is 15.2 Å². The molecule has 0 spiro atoms. The molecule has 3 amide bonds. The Kier molecular flexibility index (Phi) is 6.10. The van der Waals surface area contributed by atoms with Gasteiger partial charge in [-0.25, -0.2) is 9.59 Å². The van der Waals surface area contributed by atoms with Crippen LogP contribution in [0.2, 0.25) is 0 Å². The zero-order valence-corrected chi connectivity index (χ0v) is 17.5. The number of hydrogen-bond donors (Lipinski definition) is 2. The number of aryl methyl sites for hydroxylation is 1. The van der Waals surface area contributed by atoms with E-state index in [9.17, 15) is 24.3 Å². The first-order valence-corrected chi connectivity index (χ1v) is 9.85. The Labute approximate surface area is 179 Å². The molecule has 1 aliphatic rings. The van der Waals surface area contributed by atoms with Gasteiger partial charge in [0.05, 0.1) is 16.7 Å². The third-order valence-electron chi connectivity index (χ3n) is 4.70. The van der Waals surface area contributed by atoms with Crippen LogP contribution >= 0.6 is 0 Å². The lowest BCUT2D eigenvalue weighted by atomic mass is 10.0. The lowest BCUT2D eigenvalue weighted by Crippen LogP contribution is -2.52. The second kappa shape index (κ2) is 8.59. The largest absolute Gasteiger partial charge is 0.478 e. The van der Waals surface area contributed by atoms with E-state index < -0.39 is 35.6 Å². The monoisotopic (exact) mass is 424 g/mol. The highest BCUT2D eigenvalue weighted by atomic mass is 16.6. The molecule has 1 atom stereocenters. The number of ether oxygens (including phenoxy) is 1. The summed E-state index contributed by atoms with van der Waals surface area (Å²) in [6.45, 7) is 5.13. The molecule has 31 heavy (non-hydrogen) atoms. The van der Waals surface area contributed by atoms with E-state index in [4.69, 9.17) is 4.74 Å². The second-order valence-electron chi connectivity index (χ2n) is 8.23. The molecule has 0 aromatic heterocycles. The summed E-state index contributed by atoms with van der Waals surface area (Å²) in [7, 11) is 0. The Morgan fingerprint density at radius 1 is 1.03 bits per heavy atom. The molecule has 0 radical (unpaired) electrons. The van der Waals surface area contributed by atoms with Crippen LogP contribution in [0.15, 0.2) is 48.5 Å². The van der Waals surface area contributed by atoms with Crippen LogP contribution in [-0.2, 0) is 11.2 Å². The van der Waals surface area contributed by atoms with E-state index in [2.05, 4.69) is 5.32 Å². The van der Waals surface area contributed by atoms with E-state index in [-0.39, 0.29) is 23.1 Å². The fourth-order valence-electron chi connectivity index (χ4n) is 3.36. The van der Waals surface area contributed by atoms with Gasteiger partial charge in [0.1, 0.15) is 11.8 Å². The Morgan fingerprint density at radius 2 is 1.65 bits per heavy atom. The number of carboxylic acids is 1. The van der Waals surface area contributed by atoms with Gasteiger partial charge in [-0.3, -0.25) is 14.5 Å². The van der Waals surface area contributed by atoms with Gasteiger partial charge in [0.15, 0.2) is 0 Å². The minimum atomic E-state index is -1.05. The average molecular weight is 424 g/mol. The van der Waals surface area contributed by atoms with Gasteiger partial charge in [0.25, 0.3) is 11.8 Å². The molecule has 0 fully saturated rings. The fourth-order valence-corrected chi connectivity index (χ4v) is 3.36. The van der Waals surface area contributed by atoms with Crippen molar-refractivity contribution in [3.05, 3.63) is 70.8 Å². The van der Waals surface area contributed by atoms with Gasteiger partial charge >= 0.3 is 12.1 Å². The smallest absolute Gasteiger partial charge is 0.409 e. The molecule has 0 unspecified atom stereocenters. The maximum absolute atomic E-state index is 12.9. The summed E-state index contributed by atoms with van der Waals surface area (Å²) >= 11 is 0. The molecule has 0 saturated heterocycles. The molecule has 2 aromatic rings. The maximum atomic E-state index is 12.9. The van der Waals surface area contributed by atoms with E-state index in [1.54, 1.807) is 57.2 Å². The minimum absolute atomic E-state index is 0.134. The van der Waals surface area contributed by atoms with Crippen molar-refractivity contribution < 1.29 is 29.0 Å². The van der Waals surface area contributed by atoms with Crippen LogP contribution in [0, 0.1) is 0 Å². The standard InChI is InChI=1S/C23H24N2O6/c1-23(2,3)31-22(30)24-18(12-11-14-7-6-8-15(13-14)21(28)29)25-19(26)16-9-4-5-10-17(16)20(25)27/h4-10,13,18H,11-12H2,1-3H3,(H,24,30)(H,28,29)/t18-/m0/s1. The number of carboxylic acid groups (broad SMARTS) is 1. The number of amides is 3. The topological polar surface area (TPSA) is 113 Å². The molecule has 162 valence electrons. The molecule has 2 N–H and O–H groups in total. The van der Waals surface area contributed by atoms with Crippen LogP contribution in [-0.4, -0.2) is 45.7 Å². The summed E-state index contributed by atoms with van der Waals surface area (Å²) in [5.74, 6) is -2.05.